The molecule has 3 rings (SSSR count). The third-order valence-electron chi connectivity index (χ3n) is 5.20. The normalized spacial score (nSPS) is 14.9. The maximum Gasteiger partial charge on any atom is 0.253 e. The lowest BCUT2D eigenvalue weighted by Crippen LogP contribution is -2.38. The van der Waals surface area contributed by atoms with Crippen LogP contribution in [0.1, 0.15) is 28.8 Å². The first-order valence-corrected chi connectivity index (χ1v) is 10.7. The van der Waals surface area contributed by atoms with Gasteiger partial charge in [-0.15, -0.1) is 6.58 Å². The van der Waals surface area contributed by atoms with Crippen LogP contribution in [0.25, 0.3) is 0 Å². The fourth-order valence-electron chi connectivity index (χ4n) is 3.53. The minimum absolute atomic E-state index is 0.0526. The van der Waals surface area contributed by atoms with E-state index in [2.05, 4.69) is 22.1 Å². The van der Waals surface area contributed by atoms with E-state index in [-0.39, 0.29) is 17.7 Å². The highest BCUT2D eigenvalue weighted by Crippen LogP contribution is 2.26. The molecule has 7 heteroatoms. The minimum Gasteiger partial charge on any atom is -0.349 e. The molecule has 0 unspecified atom stereocenters. The Kier molecular flexibility index (Phi) is 7.91. The van der Waals surface area contributed by atoms with Crippen molar-refractivity contribution in [2.75, 3.05) is 25.0 Å². The number of carbonyl (C=O) groups excluding carboxylic acids is 2. The molecule has 1 aliphatic heterocycles. The van der Waals surface area contributed by atoms with Gasteiger partial charge in [0.2, 0.25) is 5.91 Å². The molecule has 2 N–H and O–H groups in total. The largest absolute Gasteiger partial charge is 0.349 e. The van der Waals surface area contributed by atoms with E-state index in [1.54, 1.807) is 36.4 Å². The molecule has 0 bridgehead atoms. The first kappa shape index (κ1) is 22.3. The molecule has 30 heavy (non-hydrogen) atoms. The van der Waals surface area contributed by atoms with Crippen LogP contribution in [0.5, 0.6) is 0 Å². The van der Waals surface area contributed by atoms with Gasteiger partial charge in [0, 0.05) is 29.1 Å². The number of likely N-dealkylation sites (tertiary alicyclic amines) is 1. The fraction of sp³-hybridized carbons (Fsp3) is 0.304. The molecule has 0 aliphatic carbocycles. The van der Waals surface area contributed by atoms with Crippen molar-refractivity contribution in [3.8, 4) is 0 Å². The second kappa shape index (κ2) is 10.6. The van der Waals surface area contributed by atoms with Crippen molar-refractivity contribution in [3.63, 3.8) is 0 Å². The number of halogens is 2. The quantitative estimate of drug-likeness (QED) is 0.603. The molecule has 158 valence electrons. The highest BCUT2D eigenvalue weighted by atomic mass is 35.5. The molecule has 1 saturated heterocycles. The summed E-state index contributed by atoms with van der Waals surface area (Å²) < 4.78 is 0. The van der Waals surface area contributed by atoms with Crippen LogP contribution in [-0.2, 0) is 11.3 Å². The number of amides is 2. The Balaban J connectivity index is 1.56. The van der Waals surface area contributed by atoms with E-state index in [1.807, 2.05) is 12.1 Å². The van der Waals surface area contributed by atoms with Gasteiger partial charge >= 0.3 is 0 Å². The Bertz CT molecular complexity index is 924. The summed E-state index contributed by atoms with van der Waals surface area (Å²) >= 11 is 12.2. The molecule has 2 amide bonds. The lowest BCUT2D eigenvalue weighted by Gasteiger charge is -2.31. The van der Waals surface area contributed by atoms with E-state index < -0.39 is 0 Å². The highest BCUT2D eigenvalue weighted by Gasteiger charge is 2.26. The highest BCUT2D eigenvalue weighted by molar-refractivity contribution is 6.35. The van der Waals surface area contributed by atoms with Gasteiger partial charge in [0.25, 0.3) is 5.91 Å². The van der Waals surface area contributed by atoms with Gasteiger partial charge in [-0.3, -0.25) is 14.5 Å². The van der Waals surface area contributed by atoms with E-state index in [0.717, 1.165) is 38.0 Å². The number of para-hydroxylation sites is 1. The second-order valence-corrected chi connectivity index (χ2v) is 8.16. The lowest BCUT2D eigenvalue weighted by atomic mass is 9.95. The number of hydrogen-bond donors (Lipinski definition) is 2. The van der Waals surface area contributed by atoms with Gasteiger partial charge in [-0.25, -0.2) is 0 Å². The number of hydrogen-bond acceptors (Lipinski definition) is 3. The molecule has 0 radical (unpaired) electrons. The number of nitrogens with one attached hydrogen (secondary N) is 2. The van der Waals surface area contributed by atoms with Crippen LogP contribution in [-0.4, -0.2) is 36.3 Å². The summed E-state index contributed by atoms with van der Waals surface area (Å²) in [6.45, 7) is 6.31. The molecule has 1 fully saturated rings. The zero-order chi connectivity index (χ0) is 21.5. The van der Waals surface area contributed by atoms with Crippen LogP contribution in [0.3, 0.4) is 0 Å². The molecular formula is C23H25Cl2N3O2. The summed E-state index contributed by atoms with van der Waals surface area (Å²) in [6.07, 6.45) is 3.12. The van der Waals surface area contributed by atoms with Gasteiger partial charge in [0.1, 0.15) is 0 Å². The minimum atomic E-state index is -0.236. The maximum absolute atomic E-state index is 12.8. The molecule has 2 aromatic rings. The molecule has 0 spiro atoms. The van der Waals surface area contributed by atoms with Crippen LogP contribution in [0.4, 0.5) is 5.69 Å². The number of rotatable bonds is 7. The van der Waals surface area contributed by atoms with E-state index >= 15 is 0 Å². The van der Waals surface area contributed by atoms with Crippen molar-refractivity contribution >= 4 is 40.7 Å². The van der Waals surface area contributed by atoms with Gasteiger partial charge < -0.3 is 10.6 Å². The smallest absolute Gasteiger partial charge is 0.253 e. The molecule has 0 saturated carbocycles. The SMILES string of the molecule is C=CCNC(=O)c1ccccc1NC(=O)C1CCN(Cc2ccc(Cl)cc2Cl)CC1. The van der Waals surface area contributed by atoms with Gasteiger partial charge in [0.15, 0.2) is 0 Å². The number of piperidine rings is 1. The van der Waals surface area contributed by atoms with Crippen molar-refractivity contribution in [3.05, 3.63) is 76.3 Å². The first-order chi connectivity index (χ1) is 14.5. The number of benzene rings is 2. The van der Waals surface area contributed by atoms with Crippen molar-refractivity contribution in [2.24, 2.45) is 5.92 Å². The second-order valence-electron chi connectivity index (χ2n) is 7.32. The van der Waals surface area contributed by atoms with Crippen LogP contribution in [0, 0.1) is 5.92 Å². The summed E-state index contributed by atoms with van der Waals surface area (Å²) in [5, 5.41) is 6.97. The predicted molar refractivity (Wildman–Crippen MR) is 122 cm³/mol. The molecular weight excluding hydrogens is 421 g/mol. The Labute approximate surface area is 187 Å². The summed E-state index contributed by atoms with van der Waals surface area (Å²) in [6, 6.07) is 12.6. The van der Waals surface area contributed by atoms with Gasteiger partial charge in [0.05, 0.1) is 11.3 Å². The van der Waals surface area contributed by atoms with Crippen molar-refractivity contribution < 1.29 is 9.59 Å². The summed E-state index contributed by atoms with van der Waals surface area (Å²) in [5.41, 5.74) is 2.00. The third kappa shape index (κ3) is 5.85. The predicted octanol–water partition coefficient (Wildman–Crippen LogP) is 4.76. The topological polar surface area (TPSA) is 61.4 Å². The third-order valence-corrected chi connectivity index (χ3v) is 5.79. The van der Waals surface area contributed by atoms with Crippen molar-refractivity contribution in [1.82, 2.24) is 10.2 Å². The zero-order valence-electron chi connectivity index (χ0n) is 16.7. The Morgan fingerprint density at radius 1 is 1.13 bits per heavy atom. The molecule has 1 aliphatic rings. The van der Waals surface area contributed by atoms with Crippen molar-refractivity contribution in [2.45, 2.75) is 19.4 Å². The van der Waals surface area contributed by atoms with Crippen molar-refractivity contribution in [1.29, 1.82) is 0 Å². The Morgan fingerprint density at radius 3 is 2.57 bits per heavy atom. The molecule has 0 aromatic heterocycles. The molecule has 5 nitrogen and oxygen atoms in total. The van der Waals surface area contributed by atoms with Crippen LogP contribution < -0.4 is 10.6 Å². The van der Waals surface area contributed by atoms with Gasteiger partial charge in [-0.05, 0) is 55.8 Å². The van der Waals surface area contributed by atoms with Crippen LogP contribution >= 0.6 is 23.2 Å². The van der Waals surface area contributed by atoms with E-state index in [0.29, 0.717) is 27.8 Å². The lowest BCUT2D eigenvalue weighted by molar-refractivity contribution is -0.121. The van der Waals surface area contributed by atoms with Gasteiger partial charge in [-0.2, -0.15) is 0 Å². The summed E-state index contributed by atoms with van der Waals surface area (Å²) in [7, 11) is 0. The number of anilines is 1. The molecule has 0 atom stereocenters. The standard InChI is InChI=1S/C23H25Cl2N3O2/c1-2-11-26-23(30)19-5-3-4-6-21(19)27-22(29)16-9-12-28(13-10-16)15-17-7-8-18(24)14-20(17)25/h2-8,14,16H,1,9-13,15H2,(H,26,30)(H,27,29). The molecule has 2 aromatic carbocycles. The fourth-order valence-corrected chi connectivity index (χ4v) is 4.00. The zero-order valence-corrected chi connectivity index (χ0v) is 18.2. The average molecular weight is 446 g/mol. The van der Waals surface area contributed by atoms with Gasteiger partial charge in [-0.1, -0.05) is 47.5 Å². The Morgan fingerprint density at radius 2 is 1.87 bits per heavy atom. The maximum atomic E-state index is 12.8. The van der Waals surface area contributed by atoms with E-state index in [9.17, 15) is 9.59 Å². The van der Waals surface area contributed by atoms with E-state index in [4.69, 9.17) is 23.2 Å². The number of nitrogens with zero attached hydrogens (tertiary/aromatic N) is 1. The van der Waals surface area contributed by atoms with Crippen LogP contribution in [0.15, 0.2) is 55.1 Å². The summed E-state index contributed by atoms with van der Waals surface area (Å²) in [5.74, 6) is -0.380. The number of carbonyl (C=O) groups is 2. The monoisotopic (exact) mass is 445 g/mol. The van der Waals surface area contributed by atoms with E-state index in [1.165, 1.54) is 0 Å². The average Bonchev–Trinajstić information content (AvgIpc) is 2.75. The summed E-state index contributed by atoms with van der Waals surface area (Å²) in [4.78, 5) is 27.4. The van der Waals surface area contributed by atoms with Crippen LogP contribution in [0.2, 0.25) is 10.0 Å². The Hall–Kier alpha value is -2.34. The first-order valence-electron chi connectivity index (χ1n) is 9.93. The molecule has 1 heterocycles.